The van der Waals surface area contributed by atoms with Crippen LogP contribution in [-0.4, -0.2) is 51.2 Å². The van der Waals surface area contributed by atoms with Crippen LogP contribution in [0.2, 0.25) is 0 Å². The van der Waals surface area contributed by atoms with E-state index in [4.69, 9.17) is 5.73 Å². The van der Waals surface area contributed by atoms with Crippen LogP contribution < -0.4 is 11.1 Å². The molecule has 0 spiro atoms. The average molecular weight is 543 g/mol. The van der Waals surface area contributed by atoms with Crippen molar-refractivity contribution >= 4 is 39.7 Å². The van der Waals surface area contributed by atoms with Crippen LogP contribution in [0.15, 0.2) is 55.0 Å². The minimum atomic E-state index is 0.128. The molecule has 1 aliphatic rings. The third kappa shape index (κ3) is 4.36. The van der Waals surface area contributed by atoms with Gasteiger partial charge >= 0.3 is 0 Å². The highest BCUT2D eigenvalue weighted by atomic mass is 127. The van der Waals surface area contributed by atoms with E-state index in [0.29, 0.717) is 5.82 Å². The van der Waals surface area contributed by atoms with Crippen molar-refractivity contribution in [3.8, 4) is 21.1 Å². The van der Waals surface area contributed by atoms with Gasteiger partial charge in [-0.05, 0) is 69.6 Å². The van der Waals surface area contributed by atoms with E-state index in [1.807, 2.05) is 12.1 Å². The molecule has 0 radical (unpaired) electrons. The highest BCUT2D eigenvalue weighted by Crippen LogP contribution is 2.43. The van der Waals surface area contributed by atoms with Crippen molar-refractivity contribution in [3.63, 3.8) is 0 Å². The van der Waals surface area contributed by atoms with E-state index in [1.54, 1.807) is 23.9 Å². The van der Waals surface area contributed by atoms with Gasteiger partial charge in [0.05, 0.1) is 10.9 Å². The number of piperazine rings is 1. The van der Waals surface area contributed by atoms with E-state index in [1.165, 1.54) is 14.7 Å². The summed E-state index contributed by atoms with van der Waals surface area (Å²) in [4.78, 5) is 12.1. The Labute approximate surface area is 198 Å². The molecule has 0 amide bonds. The molecule has 1 fully saturated rings. The molecule has 0 bridgehead atoms. The standard InChI is InChI=1S/C22H22IN7S/c23-16-3-1-14(2-4-16)20(30-9-7-25-8-10-30)17-12-18(15-5-6-26-19(24)11-15)31-21(17)22-27-13-28-29-22/h1-6,11-13,20,25H,7-10H2,(H2,24,26)(H,27,28,29). The zero-order valence-electron chi connectivity index (χ0n) is 16.8. The smallest absolute Gasteiger partial charge is 0.171 e. The molecule has 1 aliphatic heterocycles. The van der Waals surface area contributed by atoms with Crippen LogP contribution in [0.1, 0.15) is 17.2 Å². The highest BCUT2D eigenvalue weighted by molar-refractivity contribution is 14.1. The van der Waals surface area contributed by atoms with Gasteiger partial charge in [-0.15, -0.1) is 21.5 Å². The molecule has 4 heterocycles. The third-order valence-electron chi connectivity index (χ3n) is 5.46. The number of thiophene rings is 1. The number of nitrogen functional groups attached to an aromatic ring is 1. The van der Waals surface area contributed by atoms with Crippen molar-refractivity contribution in [2.45, 2.75) is 6.04 Å². The lowest BCUT2D eigenvalue weighted by Gasteiger charge is -2.35. The number of H-pyrrole nitrogens is 1. The molecule has 0 aliphatic carbocycles. The van der Waals surface area contributed by atoms with Gasteiger partial charge < -0.3 is 16.0 Å². The van der Waals surface area contributed by atoms with Crippen molar-refractivity contribution in [1.29, 1.82) is 0 Å². The maximum absolute atomic E-state index is 5.97. The molecule has 1 saturated heterocycles. The Balaban J connectivity index is 1.67. The second-order valence-corrected chi connectivity index (χ2v) is 9.74. The minimum absolute atomic E-state index is 0.128. The molecule has 5 rings (SSSR count). The lowest BCUT2D eigenvalue weighted by Crippen LogP contribution is -2.45. The number of aromatic amines is 1. The molecule has 4 N–H and O–H groups in total. The number of benzene rings is 1. The number of nitrogens with zero attached hydrogens (tertiary/aromatic N) is 4. The molecule has 7 nitrogen and oxygen atoms in total. The largest absolute Gasteiger partial charge is 0.384 e. The molecule has 3 aromatic heterocycles. The summed E-state index contributed by atoms with van der Waals surface area (Å²) in [7, 11) is 0. The first-order valence-electron chi connectivity index (χ1n) is 10.1. The fraction of sp³-hybridized carbons (Fsp3) is 0.227. The monoisotopic (exact) mass is 543 g/mol. The molecule has 9 heteroatoms. The maximum Gasteiger partial charge on any atom is 0.171 e. The van der Waals surface area contributed by atoms with Gasteiger partial charge in [-0.1, -0.05) is 12.1 Å². The van der Waals surface area contributed by atoms with E-state index in [0.717, 1.165) is 47.3 Å². The molecule has 0 saturated carbocycles. The lowest BCUT2D eigenvalue weighted by atomic mass is 9.95. The maximum atomic E-state index is 5.97. The van der Waals surface area contributed by atoms with Crippen LogP contribution in [0.25, 0.3) is 21.1 Å². The summed E-state index contributed by atoms with van der Waals surface area (Å²) >= 11 is 4.06. The number of hydrogen-bond donors (Lipinski definition) is 3. The Morgan fingerprint density at radius 3 is 2.61 bits per heavy atom. The van der Waals surface area contributed by atoms with E-state index in [2.05, 4.69) is 83.3 Å². The summed E-state index contributed by atoms with van der Waals surface area (Å²) in [6.45, 7) is 3.94. The van der Waals surface area contributed by atoms with Crippen LogP contribution in [0.4, 0.5) is 5.82 Å². The summed E-state index contributed by atoms with van der Waals surface area (Å²) in [5.74, 6) is 1.31. The van der Waals surface area contributed by atoms with E-state index in [-0.39, 0.29) is 6.04 Å². The molecular weight excluding hydrogens is 521 g/mol. The summed E-state index contributed by atoms with van der Waals surface area (Å²) in [5, 5.41) is 11.9. The number of halogens is 1. The SMILES string of the molecule is Nc1cc(-c2cc(C(c3ccc(I)cc3)N3CCNCC3)c(-c3nnc[nH]3)s2)ccn1. The van der Waals surface area contributed by atoms with Gasteiger partial charge in [-0.25, -0.2) is 4.98 Å². The third-order valence-corrected chi connectivity index (χ3v) is 7.38. The molecule has 31 heavy (non-hydrogen) atoms. The van der Waals surface area contributed by atoms with E-state index in [9.17, 15) is 0 Å². The minimum Gasteiger partial charge on any atom is -0.384 e. The van der Waals surface area contributed by atoms with Gasteiger partial charge in [0.2, 0.25) is 0 Å². The van der Waals surface area contributed by atoms with Crippen molar-refractivity contribution < 1.29 is 0 Å². The highest BCUT2D eigenvalue weighted by Gasteiger charge is 2.29. The Kier molecular flexibility index (Phi) is 5.99. The van der Waals surface area contributed by atoms with Crippen molar-refractivity contribution in [2.75, 3.05) is 31.9 Å². The van der Waals surface area contributed by atoms with Crippen LogP contribution in [0.3, 0.4) is 0 Å². The topological polar surface area (TPSA) is 95.7 Å². The summed E-state index contributed by atoms with van der Waals surface area (Å²) < 4.78 is 1.23. The van der Waals surface area contributed by atoms with Crippen molar-refractivity contribution in [2.24, 2.45) is 0 Å². The van der Waals surface area contributed by atoms with Gasteiger partial charge in [0.25, 0.3) is 0 Å². The number of hydrogen-bond acceptors (Lipinski definition) is 7. The Bertz CT molecular complexity index is 1150. The number of rotatable bonds is 5. The number of nitrogens with two attached hydrogens (primary N) is 1. The predicted octanol–water partition coefficient (Wildman–Crippen LogP) is 3.78. The summed E-state index contributed by atoms with van der Waals surface area (Å²) in [6.07, 6.45) is 3.39. The first kappa shape index (κ1) is 20.6. The molecule has 4 aromatic rings. The number of nitrogens with one attached hydrogen (secondary N) is 2. The molecule has 1 unspecified atom stereocenters. The second kappa shape index (κ2) is 9.03. The fourth-order valence-electron chi connectivity index (χ4n) is 4.03. The van der Waals surface area contributed by atoms with Crippen LogP contribution >= 0.6 is 33.9 Å². The van der Waals surface area contributed by atoms with Crippen LogP contribution in [0.5, 0.6) is 0 Å². The lowest BCUT2D eigenvalue weighted by molar-refractivity contribution is 0.199. The first-order valence-corrected chi connectivity index (χ1v) is 12.0. The molecule has 1 atom stereocenters. The zero-order chi connectivity index (χ0) is 21.2. The number of anilines is 1. The number of pyridine rings is 1. The predicted molar refractivity (Wildman–Crippen MR) is 133 cm³/mol. The molecular formula is C22H22IN7S. The van der Waals surface area contributed by atoms with Gasteiger partial charge in [0.15, 0.2) is 5.82 Å². The summed E-state index contributed by atoms with van der Waals surface area (Å²) in [5.41, 5.74) is 9.54. The van der Waals surface area contributed by atoms with Gasteiger partial charge in [0.1, 0.15) is 12.1 Å². The van der Waals surface area contributed by atoms with Crippen LogP contribution in [-0.2, 0) is 0 Å². The van der Waals surface area contributed by atoms with E-state index < -0.39 is 0 Å². The zero-order valence-corrected chi connectivity index (χ0v) is 19.7. The van der Waals surface area contributed by atoms with E-state index >= 15 is 0 Å². The molecule has 1 aromatic carbocycles. The average Bonchev–Trinajstić information content (AvgIpc) is 3.46. The van der Waals surface area contributed by atoms with Crippen molar-refractivity contribution in [3.05, 3.63) is 69.7 Å². The van der Waals surface area contributed by atoms with Gasteiger partial charge in [0, 0.05) is 40.8 Å². The summed E-state index contributed by atoms with van der Waals surface area (Å²) in [6, 6.07) is 15.2. The Morgan fingerprint density at radius 1 is 1.10 bits per heavy atom. The Morgan fingerprint density at radius 2 is 1.90 bits per heavy atom. The Hall–Kier alpha value is -2.34. The normalized spacial score (nSPS) is 15.8. The van der Waals surface area contributed by atoms with Crippen molar-refractivity contribution in [1.82, 2.24) is 30.4 Å². The quantitative estimate of drug-likeness (QED) is 0.332. The van der Waals surface area contributed by atoms with Gasteiger partial charge in [-0.3, -0.25) is 4.90 Å². The van der Waals surface area contributed by atoms with Gasteiger partial charge in [-0.2, -0.15) is 0 Å². The van der Waals surface area contributed by atoms with Crippen LogP contribution in [0, 0.1) is 3.57 Å². The molecule has 158 valence electrons. The second-order valence-electron chi connectivity index (χ2n) is 7.44. The number of aromatic nitrogens is 4. The first-order chi connectivity index (χ1) is 15.2. The fourth-order valence-corrected chi connectivity index (χ4v) is 5.52.